The third-order valence-corrected chi connectivity index (χ3v) is 4.66. The number of nitrogen functional groups attached to an aromatic ring is 1. The molecule has 3 N–H and O–H groups in total. The smallest absolute Gasteiger partial charge is 0.292 e. The SMILES string of the molecule is Nc1ccc(C(=O)Nc2ccnn2Cc2cccc(Cl)c2Cl)cc1[N+](=O)[O-]. The van der Waals surface area contributed by atoms with E-state index < -0.39 is 10.8 Å². The van der Waals surface area contributed by atoms with Gasteiger partial charge in [0.2, 0.25) is 0 Å². The average molecular weight is 406 g/mol. The third-order valence-electron chi connectivity index (χ3n) is 3.80. The normalized spacial score (nSPS) is 10.6. The fourth-order valence-electron chi connectivity index (χ4n) is 2.43. The maximum atomic E-state index is 12.5. The predicted octanol–water partition coefficient (Wildman–Crippen LogP) is 3.98. The number of carbonyl (C=O) groups excluding carboxylic acids is 1. The molecule has 0 aliphatic carbocycles. The number of hydrogen-bond donors (Lipinski definition) is 2. The lowest BCUT2D eigenvalue weighted by molar-refractivity contribution is -0.383. The van der Waals surface area contributed by atoms with Crippen LogP contribution in [0.2, 0.25) is 10.0 Å². The molecule has 8 nitrogen and oxygen atoms in total. The Morgan fingerprint density at radius 1 is 1.26 bits per heavy atom. The number of aromatic nitrogens is 2. The van der Waals surface area contributed by atoms with E-state index >= 15 is 0 Å². The molecule has 2 aromatic carbocycles. The number of benzene rings is 2. The number of nitrogens with one attached hydrogen (secondary N) is 1. The van der Waals surface area contributed by atoms with E-state index in [2.05, 4.69) is 10.4 Å². The third kappa shape index (κ3) is 4.02. The van der Waals surface area contributed by atoms with Crippen molar-refractivity contribution in [2.75, 3.05) is 11.1 Å². The number of nitrogens with zero attached hydrogens (tertiary/aromatic N) is 3. The summed E-state index contributed by atoms with van der Waals surface area (Å²) in [6.07, 6.45) is 1.51. The molecule has 0 aliphatic heterocycles. The number of anilines is 2. The summed E-state index contributed by atoms with van der Waals surface area (Å²) in [5, 5.41) is 18.6. The molecule has 0 unspecified atom stereocenters. The lowest BCUT2D eigenvalue weighted by atomic mass is 10.1. The number of nitro benzene ring substituents is 1. The van der Waals surface area contributed by atoms with Gasteiger partial charge in [0.15, 0.2) is 0 Å². The van der Waals surface area contributed by atoms with Gasteiger partial charge < -0.3 is 11.1 Å². The van der Waals surface area contributed by atoms with Crippen molar-refractivity contribution in [2.45, 2.75) is 6.54 Å². The van der Waals surface area contributed by atoms with Gasteiger partial charge in [0.05, 0.1) is 27.7 Å². The highest BCUT2D eigenvalue weighted by molar-refractivity contribution is 6.42. The minimum atomic E-state index is -0.641. The Hall–Kier alpha value is -3.10. The molecule has 0 fully saturated rings. The molecule has 1 amide bonds. The first-order valence-electron chi connectivity index (χ1n) is 7.67. The Balaban J connectivity index is 1.82. The Bertz CT molecular complexity index is 1040. The van der Waals surface area contributed by atoms with Crippen molar-refractivity contribution >= 4 is 46.3 Å². The molecule has 0 aliphatic rings. The van der Waals surface area contributed by atoms with Gasteiger partial charge in [-0.3, -0.25) is 14.9 Å². The first-order chi connectivity index (χ1) is 12.9. The van der Waals surface area contributed by atoms with Crippen LogP contribution in [0.4, 0.5) is 17.2 Å². The molecule has 0 atom stereocenters. The summed E-state index contributed by atoms with van der Waals surface area (Å²) in [6, 6.07) is 10.7. The first kappa shape index (κ1) is 18.7. The zero-order valence-corrected chi connectivity index (χ0v) is 15.2. The molecular weight excluding hydrogens is 393 g/mol. The summed E-state index contributed by atoms with van der Waals surface area (Å²) < 4.78 is 1.53. The van der Waals surface area contributed by atoms with E-state index in [-0.39, 0.29) is 23.5 Å². The van der Waals surface area contributed by atoms with Crippen LogP contribution in [0.3, 0.4) is 0 Å². The van der Waals surface area contributed by atoms with Crippen molar-refractivity contribution in [2.24, 2.45) is 0 Å². The highest BCUT2D eigenvalue weighted by atomic mass is 35.5. The van der Waals surface area contributed by atoms with Crippen LogP contribution in [0.25, 0.3) is 0 Å². The number of nitro groups is 1. The van der Waals surface area contributed by atoms with Crippen LogP contribution in [-0.4, -0.2) is 20.6 Å². The quantitative estimate of drug-likeness (QED) is 0.378. The summed E-state index contributed by atoms with van der Waals surface area (Å²) in [4.78, 5) is 22.8. The molecule has 0 saturated carbocycles. The van der Waals surface area contributed by atoms with Gasteiger partial charge in [0.25, 0.3) is 11.6 Å². The molecule has 27 heavy (non-hydrogen) atoms. The van der Waals surface area contributed by atoms with Crippen molar-refractivity contribution in [3.8, 4) is 0 Å². The van der Waals surface area contributed by atoms with Crippen LogP contribution in [0.1, 0.15) is 15.9 Å². The molecular formula is C17H13Cl2N5O3. The molecule has 138 valence electrons. The van der Waals surface area contributed by atoms with Crippen LogP contribution in [0.15, 0.2) is 48.7 Å². The van der Waals surface area contributed by atoms with E-state index in [0.717, 1.165) is 11.6 Å². The second-order valence-corrected chi connectivity index (χ2v) is 6.36. The van der Waals surface area contributed by atoms with E-state index in [1.54, 1.807) is 24.3 Å². The van der Waals surface area contributed by atoms with Gasteiger partial charge in [0, 0.05) is 17.7 Å². The zero-order chi connectivity index (χ0) is 19.6. The molecule has 1 aromatic heterocycles. The highest BCUT2D eigenvalue weighted by Crippen LogP contribution is 2.27. The highest BCUT2D eigenvalue weighted by Gasteiger charge is 2.17. The molecule has 0 radical (unpaired) electrons. The van der Waals surface area contributed by atoms with Gasteiger partial charge in [-0.05, 0) is 23.8 Å². The van der Waals surface area contributed by atoms with Crippen LogP contribution in [-0.2, 0) is 6.54 Å². The zero-order valence-electron chi connectivity index (χ0n) is 13.7. The Morgan fingerprint density at radius 2 is 2.04 bits per heavy atom. The summed E-state index contributed by atoms with van der Waals surface area (Å²) in [6.45, 7) is 0.282. The minimum Gasteiger partial charge on any atom is -0.393 e. The molecule has 3 aromatic rings. The fraction of sp³-hybridized carbons (Fsp3) is 0.0588. The molecule has 0 spiro atoms. The van der Waals surface area contributed by atoms with Crippen molar-refractivity contribution in [3.63, 3.8) is 0 Å². The van der Waals surface area contributed by atoms with Gasteiger partial charge in [-0.1, -0.05) is 35.3 Å². The van der Waals surface area contributed by atoms with E-state index in [0.29, 0.717) is 15.9 Å². The number of nitrogens with two attached hydrogens (primary N) is 1. The van der Waals surface area contributed by atoms with E-state index in [4.69, 9.17) is 28.9 Å². The summed E-state index contributed by atoms with van der Waals surface area (Å²) >= 11 is 12.2. The molecule has 0 saturated heterocycles. The second-order valence-electron chi connectivity index (χ2n) is 5.57. The minimum absolute atomic E-state index is 0.0165. The van der Waals surface area contributed by atoms with Gasteiger partial charge in [-0.15, -0.1) is 0 Å². The lowest BCUT2D eigenvalue weighted by Gasteiger charge is -2.11. The molecule has 10 heteroatoms. The second kappa shape index (κ2) is 7.65. The van der Waals surface area contributed by atoms with Crippen LogP contribution in [0, 0.1) is 10.1 Å². The summed E-state index contributed by atoms with van der Waals surface area (Å²) in [5.41, 5.74) is 6.03. The number of carbonyl (C=O) groups is 1. The Kier molecular flexibility index (Phi) is 5.29. The number of amides is 1. The van der Waals surface area contributed by atoms with Gasteiger partial charge in [-0.25, -0.2) is 4.68 Å². The molecule has 1 heterocycles. The van der Waals surface area contributed by atoms with Crippen molar-refractivity contribution < 1.29 is 9.72 Å². The molecule has 0 bridgehead atoms. The summed E-state index contributed by atoms with van der Waals surface area (Å²) in [5.74, 6) is -0.132. The lowest BCUT2D eigenvalue weighted by Crippen LogP contribution is -2.16. The monoisotopic (exact) mass is 405 g/mol. The van der Waals surface area contributed by atoms with E-state index in [1.165, 1.54) is 23.0 Å². The maximum Gasteiger partial charge on any atom is 0.292 e. The topological polar surface area (TPSA) is 116 Å². The number of hydrogen-bond acceptors (Lipinski definition) is 5. The van der Waals surface area contributed by atoms with Crippen LogP contribution in [0.5, 0.6) is 0 Å². The first-order valence-corrected chi connectivity index (χ1v) is 8.42. The maximum absolute atomic E-state index is 12.5. The number of halogens is 2. The van der Waals surface area contributed by atoms with Gasteiger partial charge in [-0.2, -0.15) is 5.10 Å². The van der Waals surface area contributed by atoms with Crippen molar-refractivity contribution in [1.82, 2.24) is 9.78 Å². The van der Waals surface area contributed by atoms with Crippen LogP contribution >= 0.6 is 23.2 Å². The van der Waals surface area contributed by atoms with E-state index in [1.807, 2.05) is 0 Å². The largest absolute Gasteiger partial charge is 0.393 e. The summed E-state index contributed by atoms with van der Waals surface area (Å²) in [7, 11) is 0. The van der Waals surface area contributed by atoms with Crippen molar-refractivity contribution in [1.29, 1.82) is 0 Å². The van der Waals surface area contributed by atoms with Gasteiger partial charge >= 0.3 is 0 Å². The average Bonchev–Trinajstić information content (AvgIpc) is 3.05. The van der Waals surface area contributed by atoms with E-state index in [9.17, 15) is 14.9 Å². The predicted molar refractivity (Wildman–Crippen MR) is 103 cm³/mol. The Labute approximate surface area is 163 Å². The van der Waals surface area contributed by atoms with Crippen LogP contribution < -0.4 is 11.1 Å². The Morgan fingerprint density at radius 3 is 2.78 bits per heavy atom. The standard InChI is InChI=1S/C17H13Cl2N5O3/c18-12-3-1-2-11(16(12)19)9-23-15(6-7-21-23)22-17(25)10-4-5-13(20)14(8-10)24(26)27/h1-8H,9,20H2,(H,22,25). The van der Waals surface area contributed by atoms with Gasteiger partial charge in [0.1, 0.15) is 11.5 Å². The fourth-order valence-corrected chi connectivity index (χ4v) is 2.81. The van der Waals surface area contributed by atoms with Crippen molar-refractivity contribution in [3.05, 3.63) is 79.9 Å². The number of rotatable bonds is 5. The molecule has 3 rings (SSSR count).